The van der Waals surface area contributed by atoms with Gasteiger partial charge in [-0.05, 0) is 25.0 Å². The molecule has 0 aliphatic carbocycles. The summed E-state index contributed by atoms with van der Waals surface area (Å²) in [6.07, 6.45) is 16.5. The van der Waals surface area contributed by atoms with E-state index in [1.54, 1.807) is 0 Å². The molecule has 0 amide bonds. The van der Waals surface area contributed by atoms with Crippen molar-refractivity contribution in [2.75, 3.05) is 6.61 Å². The van der Waals surface area contributed by atoms with E-state index in [4.69, 9.17) is 30.6 Å². The number of carbonyl (C=O) groups is 2. The Kier molecular flexibility index (Phi) is 25.3. The number of carboxylic acids is 2. The lowest BCUT2D eigenvalue weighted by Crippen LogP contribution is -2.10. The molecule has 35 heavy (non-hydrogen) atoms. The Bertz CT molecular complexity index is 585. The summed E-state index contributed by atoms with van der Waals surface area (Å²) in [5, 5.41) is 50.6. The van der Waals surface area contributed by atoms with Crippen molar-refractivity contribution < 1.29 is 44.6 Å². The van der Waals surface area contributed by atoms with Gasteiger partial charge in [0.2, 0.25) is 11.5 Å². The Morgan fingerprint density at radius 1 is 0.686 bits per heavy atom. The first-order valence-electron chi connectivity index (χ1n) is 12.9. The van der Waals surface area contributed by atoms with Gasteiger partial charge in [0, 0.05) is 0 Å². The zero-order valence-corrected chi connectivity index (χ0v) is 21.5. The van der Waals surface area contributed by atoms with Crippen molar-refractivity contribution in [3.8, 4) is 0 Å². The topological polar surface area (TPSA) is 169 Å². The lowest BCUT2D eigenvalue weighted by molar-refractivity contribution is -0.0453. The van der Waals surface area contributed by atoms with Crippen LogP contribution in [-0.2, 0) is 0 Å². The van der Waals surface area contributed by atoms with Crippen molar-refractivity contribution in [1.29, 1.82) is 0 Å². The van der Waals surface area contributed by atoms with Crippen LogP contribution in [0.4, 0.5) is 0 Å². The van der Waals surface area contributed by atoms with E-state index in [-0.39, 0.29) is 18.1 Å². The molecule has 0 saturated carbocycles. The number of rotatable bonds is 18. The predicted octanol–water partition coefficient (Wildman–Crippen LogP) is 5.20. The van der Waals surface area contributed by atoms with Crippen LogP contribution in [-0.4, -0.2) is 61.6 Å². The molecule has 1 atom stereocenters. The van der Waals surface area contributed by atoms with Crippen LogP contribution in [0.2, 0.25) is 0 Å². The number of furan rings is 1. The minimum Gasteiger partial charge on any atom is -0.475 e. The van der Waals surface area contributed by atoms with Gasteiger partial charge >= 0.3 is 11.9 Å². The molecule has 1 aromatic rings. The van der Waals surface area contributed by atoms with Gasteiger partial charge < -0.3 is 35.1 Å². The molecule has 0 spiro atoms. The molecule has 1 aromatic heterocycles. The maximum atomic E-state index is 10.2. The summed E-state index contributed by atoms with van der Waals surface area (Å²) >= 11 is 0. The van der Waals surface area contributed by atoms with Crippen LogP contribution in [0.3, 0.4) is 0 Å². The van der Waals surface area contributed by atoms with E-state index in [9.17, 15) is 9.59 Å². The first kappa shape index (κ1) is 35.2. The number of aromatic carboxylic acids is 2. The van der Waals surface area contributed by atoms with Crippen molar-refractivity contribution in [3.05, 3.63) is 23.7 Å². The summed E-state index contributed by atoms with van der Waals surface area (Å²) in [5.41, 5.74) is 0. The smallest absolute Gasteiger partial charge is 0.371 e. The summed E-state index contributed by atoms with van der Waals surface area (Å²) in [4.78, 5) is 20.3. The van der Waals surface area contributed by atoms with Gasteiger partial charge in [0.15, 0.2) is 6.29 Å². The molecule has 1 heterocycles. The molecule has 6 N–H and O–H groups in total. The monoisotopic (exact) mass is 504 g/mol. The molecule has 9 nitrogen and oxygen atoms in total. The molecule has 0 aromatic carbocycles. The average Bonchev–Trinajstić information content (AvgIpc) is 3.32. The number of carboxylic acid groups (broad SMARTS) is 2. The molecule has 0 bridgehead atoms. The fraction of sp³-hybridized carbons (Fsp3) is 0.769. The zero-order chi connectivity index (χ0) is 26.9. The normalized spacial score (nSPS) is 11.3. The van der Waals surface area contributed by atoms with E-state index in [0.717, 1.165) is 31.4 Å². The van der Waals surface area contributed by atoms with E-state index >= 15 is 0 Å². The Labute approximate surface area is 209 Å². The van der Waals surface area contributed by atoms with Crippen molar-refractivity contribution in [3.63, 3.8) is 0 Å². The van der Waals surface area contributed by atoms with Crippen LogP contribution in [0.15, 0.2) is 16.5 Å². The molecule has 1 unspecified atom stereocenters. The van der Waals surface area contributed by atoms with Crippen molar-refractivity contribution in [1.82, 2.24) is 0 Å². The van der Waals surface area contributed by atoms with Gasteiger partial charge in [-0.2, -0.15) is 0 Å². The minimum absolute atomic E-state index is 0.0853. The van der Waals surface area contributed by atoms with Crippen LogP contribution >= 0.6 is 0 Å². The maximum Gasteiger partial charge on any atom is 0.371 e. The van der Waals surface area contributed by atoms with E-state index in [1.807, 2.05) is 6.92 Å². The number of unbranched alkanes of at least 4 members (excludes halogenated alkanes) is 11. The van der Waals surface area contributed by atoms with Gasteiger partial charge in [-0.1, -0.05) is 97.3 Å². The molecule has 0 radical (unpaired) electrons. The van der Waals surface area contributed by atoms with Crippen LogP contribution in [0.5, 0.6) is 0 Å². The number of aliphatic hydroxyl groups is 4. The third-order valence-electron chi connectivity index (χ3n) is 5.18. The van der Waals surface area contributed by atoms with Gasteiger partial charge in [-0.15, -0.1) is 0 Å². The van der Waals surface area contributed by atoms with Gasteiger partial charge in [0.1, 0.15) is 0 Å². The van der Waals surface area contributed by atoms with Crippen LogP contribution in [0.1, 0.15) is 131 Å². The van der Waals surface area contributed by atoms with Crippen LogP contribution in [0.25, 0.3) is 0 Å². The minimum atomic E-state index is -1.28. The molecule has 0 fully saturated rings. The third-order valence-corrected chi connectivity index (χ3v) is 5.18. The number of hydrogen-bond acceptors (Lipinski definition) is 7. The van der Waals surface area contributed by atoms with Crippen LogP contribution < -0.4 is 0 Å². The van der Waals surface area contributed by atoms with Gasteiger partial charge in [-0.3, -0.25) is 0 Å². The average molecular weight is 505 g/mol. The standard InChI is InChI=1S/C16H34O2.C6H4O5.C4H10O2/c1-2-3-4-5-6-7-8-9-10-11-12-13-14-16(18)15-17;7-5(8)3-1-2-4(11-3)6(9)10;1-2-3-4(5)6/h16-18H,2-15H2,1H3;1-2H,(H,7,8)(H,9,10);4-6H,2-3H2,1H3. The first-order valence-corrected chi connectivity index (χ1v) is 12.9. The van der Waals surface area contributed by atoms with E-state index < -0.39 is 24.3 Å². The van der Waals surface area contributed by atoms with Crippen LogP contribution in [0, 0.1) is 0 Å². The largest absolute Gasteiger partial charge is 0.475 e. The lowest BCUT2D eigenvalue weighted by atomic mass is 10.0. The second kappa shape index (κ2) is 25.2. The molecule has 206 valence electrons. The van der Waals surface area contributed by atoms with Crippen molar-refractivity contribution >= 4 is 11.9 Å². The fourth-order valence-corrected chi connectivity index (χ4v) is 3.14. The SMILES string of the molecule is CCCC(O)O.CCCCCCCCCCCCCCC(O)CO.O=C(O)c1ccc(C(=O)O)o1. The molecule has 0 aliphatic heterocycles. The zero-order valence-electron chi connectivity index (χ0n) is 21.5. The van der Waals surface area contributed by atoms with Gasteiger partial charge in [-0.25, -0.2) is 9.59 Å². The highest BCUT2D eigenvalue weighted by atomic mass is 16.5. The Balaban J connectivity index is 0. The molecule has 1 rings (SSSR count). The van der Waals surface area contributed by atoms with Gasteiger partial charge in [0.25, 0.3) is 0 Å². The molecule has 0 aliphatic rings. The number of hydrogen-bond donors (Lipinski definition) is 6. The first-order chi connectivity index (χ1) is 16.7. The summed E-state index contributed by atoms with van der Waals surface area (Å²) in [7, 11) is 0. The lowest BCUT2D eigenvalue weighted by Gasteiger charge is -2.06. The Morgan fingerprint density at radius 2 is 1.09 bits per heavy atom. The Morgan fingerprint density at radius 3 is 1.34 bits per heavy atom. The van der Waals surface area contributed by atoms with E-state index in [2.05, 4.69) is 11.3 Å². The van der Waals surface area contributed by atoms with Crippen molar-refractivity contribution in [2.24, 2.45) is 0 Å². The van der Waals surface area contributed by atoms with E-state index in [1.165, 1.54) is 70.6 Å². The summed E-state index contributed by atoms with van der Waals surface area (Å²) in [6, 6.07) is 2.18. The predicted molar refractivity (Wildman–Crippen MR) is 135 cm³/mol. The molecular weight excluding hydrogens is 456 g/mol. The number of aliphatic hydroxyl groups excluding tert-OH is 3. The quantitative estimate of drug-likeness (QED) is 0.116. The van der Waals surface area contributed by atoms with E-state index in [0.29, 0.717) is 6.42 Å². The Hall–Kier alpha value is -1.94. The second-order valence-electron chi connectivity index (χ2n) is 8.56. The summed E-state index contributed by atoms with van der Waals surface area (Å²) in [6.45, 7) is 4.08. The highest BCUT2D eigenvalue weighted by Gasteiger charge is 2.12. The fourth-order valence-electron chi connectivity index (χ4n) is 3.14. The highest BCUT2D eigenvalue weighted by molar-refractivity contribution is 5.88. The third kappa shape index (κ3) is 25.0. The second-order valence-corrected chi connectivity index (χ2v) is 8.56. The summed E-state index contributed by atoms with van der Waals surface area (Å²) in [5.74, 6) is -3.31. The van der Waals surface area contributed by atoms with Crippen molar-refractivity contribution in [2.45, 2.75) is 123 Å². The molecular formula is C26H48O9. The van der Waals surface area contributed by atoms with Gasteiger partial charge in [0.05, 0.1) is 12.7 Å². The molecule has 9 heteroatoms. The highest BCUT2D eigenvalue weighted by Crippen LogP contribution is 2.13. The molecule has 0 saturated heterocycles. The maximum absolute atomic E-state index is 10.2. The summed E-state index contributed by atoms with van der Waals surface area (Å²) < 4.78 is 4.41.